The van der Waals surface area contributed by atoms with Crippen LogP contribution in [-0.4, -0.2) is 36.7 Å². The maximum Gasteiger partial charge on any atom is 0.244 e. The molecule has 1 aromatic rings. The molecule has 0 aromatic heterocycles. The molecule has 4 nitrogen and oxygen atoms in total. The summed E-state index contributed by atoms with van der Waals surface area (Å²) >= 11 is 1.83. The average Bonchev–Trinajstić information content (AvgIpc) is 2.47. The quantitative estimate of drug-likeness (QED) is 0.872. The van der Waals surface area contributed by atoms with Crippen LogP contribution in [0.15, 0.2) is 24.3 Å². The minimum atomic E-state index is -0.796. The van der Waals surface area contributed by atoms with Gasteiger partial charge in [0.05, 0.1) is 0 Å². The van der Waals surface area contributed by atoms with Crippen molar-refractivity contribution in [3.05, 3.63) is 29.8 Å². The number of hydrogen-bond donors (Lipinski definition) is 2. The Morgan fingerprint density at radius 1 is 1.35 bits per heavy atom. The highest BCUT2D eigenvalue weighted by Crippen LogP contribution is 2.20. The number of carbonyl (C=O) groups is 1. The Hall–Kier alpha value is -1.04. The molecule has 1 aliphatic rings. The van der Waals surface area contributed by atoms with E-state index in [9.17, 15) is 4.79 Å². The van der Waals surface area contributed by atoms with Crippen LogP contribution in [0.3, 0.4) is 0 Å². The predicted molar refractivity (Wildman–Crippen MR) is 84.1 cm³/mol. The molecular formula is C15H22N2O2S. The summed E-state index contributed by atoms with van der Waals surface area (Å²) in [5.41, 5.74) is 7.44. The van der Waals surface area contributed by atoms with Gasteiger partial charge in [-0.25, -0.2) is 0 Å². The summed E-state index contributed by atoms with van der Waals surface area (Å²) in [6.07, 6.45) is 4.30. The van der Waals surface area contributed by atoms with Crippen LogP contribution in [0.5, 0.6) is 0 Å². The summed E-state index contributed by atoms with van der Waals surface area (Å²) in [5, 5.41) is 2.91. The maximum absolute atomic E-state index is 12.3. The van der Waals surface area contributed by atoms with Crippen LogP contribution < -0.4 is 11.1 Å². The van der Waals surface area contributed by atoms with Crippen LogP contribution in [0, 0.1) is 0 Å². The van der Waals surface area contributed by atoms with Crippen molar-refractivity contribution in [3.63, 3.8) is 0 Å². The summed E-state index contributed by atoms with van der Waals surface area (Å²) in [4.78, 5) is 12.3. The first-order chi connectivity index (χ1) is 9.64. The second kappa shape index (κ2) is 7.11. The fraction of sp³-hybridized carbons (Fsp3) is 0.533. The molecule has 1 aromatic carbocycles. The number of nitrogens with one attached hydrogen (secondary N) is 1. The molecular weight excluding hydrogens is 272 g/mol. The van der Waals surface area contributed by atoms with E-state index < -0.39 is 5.54 Å². The Labute approximate surface area is 124 Å². The minimum absolute atomic E-state index is 0.113. The van der Waals surface area contributed by atoms with E-state index in [1.54, 1.807) is 0 Å². The lowest BCUT2D eigenvalue weighted by molar-refractivity contribution is -0.124. The topological polar surface area (TPSA) is 64.4 Å². The van der Waals surface area contributed by atoms with Crippen LogP contribution in [0.2, 0.25) is 0 Å². The van der Waals surface area contributed by atoms with E-state index in [1.165, 1.54) is 5.56 Å². The minimum Gasteiger partial charge on any atom is -0.381 e. The third-order valence-electron chi connectivity index (χ3n) is 3.64. The normalized spacial score (nSPS) is 17.7. The second-order valence-electron chi connectivity index (χ2n) is 5.16. The first-order valence-corrected chi connectivity index (χ1v) is 8.29. The number of nitrogens with two attached hydrogens (primary N) is 1. The molecule has 5 heteroatoms. The molecule has 20 heavy (non-hydrogen) atoms. The number of carbonyl (C=O) groups excluding carboxylic acids is 1. The third kappa shape index (κ3) is 3.98. The van der Waals surface area contributed by atoms with E-state index in [0.717, 1.165) is 17.9 Å². The number of benzene rings is 1. The molecule has 1 aliphatic heterocycles. The van der Waals surface area contributed by atoms with Gasteiger partial charge in [0.2, 0.25) is 5.91 Å². The van der Waals surface area contributed by atoms with Gasteiger partial charge in [-0.2, -0.15) is 11.8 Å². The van der Waals surface area contributed by atoms with Crippen LogP contribution in [0.1, 0.15) is 18.4 Å². The standard InChI is InChI=1S/C15H22N2O2S/c1-20-11-6-12-2-4-13(5-3-12)17-14(18)15(16)7-9-19-10-8-15/h2-5H,6-11,16H2,1H3,(H,17,18). The first kappa shape index (κ1) is 15.4. The molecule has 2 rings (SSSR count). The van der Waals surface area contributed by atoms with Crippen molar-refractivity contribution in [1.82, 2.24) is 0 Å². The summed E-state index contributed by atoms with van der Waals surface area (Å²) in [5.74, 6) is 0.995. The van der Waals surface area contributed by atoms with Gasteiger partial charge in [-0.05, 0) is 49.0 Å². The summed E-state index contributed by atoms with van der Waals surface area (Å²) in [6.45, 7) is 1.11. The van der Waals surface area contributed by atoms with Gasteiger partial charge in [0.25, 0.3) is 0 Å². The monoisotopic (exact) mass is 294 g/mol. The molecule has 0 atom stereocenters. The van der Waals surface area contributed by atoms with E-state index >= 15 is 0 Å². The van der Waals surface area contributed by atoms with Gasteiger partial charge in [-0.15, -0.1) is 0 Å². The van der Waals surface area contributed by atoms with Gasteiger partial charge < -0.3 is 15.8 Å². The van der Waals surface area contributed by atoms with Crippen molar-refractivity contribution >= 4 is 23.4 Å². The zero-order chi connectivity index (χ0) is 14.4. The molecule has 1 heterocycles. The van der Waals surface area contributed by atoms with E-state index in [1.807, 2.05) is 23.9 Å². The van der Waals surface area contributed by atoms with E-state index in [-0.39, 0.29) is 5.91 Å². The number of hydrogen-bond acceptors (Lipinski definition) is 4. The van der Waals surface area contributed by atoms with Crippen LogP contribution in [0.25, 0.3) is 0 Å². The van der Waals surface area contributed by atoms with Gasteiger partial charge in [0.1, 0.15) is 5.54 Å². The Morgan fingerprint density at radius 3 is 2.60 bits per heavy atom. The highest BCUT2D eigenvalue weighted by molar-refractivity contribution is 7.98. The van der Waals surface area contributed by atoms with Gasteiger partial charge in [-0.3, -0.25) is 4.79 Å². The second-order valence-corrected chi connectivity index (χ2v) is 6.15. The molecule has 1 saturated heterocycles. The SMILES string of the molecule is CSCCc1ccc(NC(=O)C2(N)CCOCC2)cc1. The molecule has 1 fully saturated rings. The Kier molecular flexibility index (Phi) is 5.46. The number of aryl methyl sites for hydroxylation is 1. The molecule has 1 amide bonds. The molecule has 0 bridgehead atoms. The average molecular weight is 294 g/mol. The van der Waals surface area contributed by atoms with Crippen LogP contribution in [-0.2, 0) is 16.0 Å². The van der Waals surface area contributed by atoms with E-state index in [4.69, 9.17) is 10.5 Å². The fourth-order valence-corrected chi connectivity index (χ4v) is 2.63. The highest BCUT2D eigenvalue weighted by atomic mass is 32.2. The van der Waals surface area contributed by atoms with Crippen LogP contribution >= 0.6 is 11.8 Å². The van der Waals surface area contributed by atoms with Crippen molar-refractivity contribution in [3.8, 4) is 0 Å². The van der Waals surface area contributed by atoms with Gasteiger partial charge >= 0.3 is 0 Å². The number of thioether (sulfide) groups is 1. The molecule has 0 saturated carbocycles. The van der Waals surface area contributed by atoms with E-state index in [0.29, 0.717) is 26.1 Å². The molecule has 0 aliphatic carbocycles. The van der Waals surface area contributed by atoms with Crippen LogP contribution in [0.4, 0.5) is 5.69 Å². The predicted octanol–water partition coefficient (Wildman–Crippen LogP) is 2.04. The zero-order valence-corrected chi connectivity index (χ0v) is 12.7. The van der Waals surface area contributed by atoms with E-state index in [2.05, 4.69) is 23.7 Å². The first-order valence-electron chi connectivity index (χ1n) is 6.90. The van der Waals surface area contributed by atoms with Crippen molar-refractivity contribution in [1.29, 1.82) is 0 Å². The largest absolute Gasteiger partial charge is 0.381 e. The number of anilines is 1. The van der Waals surface area contributed by atoms with Crippen molar-refractivity contribution in [2.75, 3.05) is 30.5 Å². The summed E-state index contributed by atoms with van der Waals surface area (Å²) in [6, 6.07) is 7.99. The number of amides is 1. The molecule has 110 valence electrons. The fourth-order valence-electron chi connectivity index (χ4n) is 2.19. The molecule has 0 radical (unpaired) electrons. The van der Waals surface area contributed by atoms with Crippen molar-refractivity contribution < 1.29 is 9.53 Å². The molecule has 0 unspecified atom stereocenters. The summed E-state index contributed by atoms with van der Waals surface area (Å²) in [7, 11) is 0. The van der Waals surface area contributed by atoms with Crippen molar-refractivity contribution in [2.24, 2.45) is 5.73 Å². The number of rotatable bonds is 5. The Balaban J connectivity index is 1.93. The lowest BCUT2D eigenvalue weighted by atomic mass is 9.90. The highest BCUT2D eigenvalue weighted by Gasteiger charge is 2.35. The number of ether oxygens (including phenoxy) is 1. The Morgan fingerprint density at radius 2 is 2.00 bits per heavy atom. The molecule has 3 N–H and O–H groups in total. The summed E-state index contributed by atoms with van der Waals surface area (Å²) < 4.78 is 5.26. The van der Waals surface area contributed by atoms with Gasteiger partial charge in [0.15, 0.2) is 0 Å². The van der Waals surface area contributed by atoms with Crippen molar-refractivity contribution in [2.45, 2.75) is 24.8 Å². The van der Waals surface area contributed by atoms with Gasteiger partial charge in [-0.1, -0.05) is 12.1 Å². The lowest BCUT2D eigenvalue weighted by Gasteiger charge is -2.31. The Bertz CT molecular complexity index is 442. The third-order valence-corrected chi connectivity index (χ3v) is 4.26. The smallest absolute Gasteiger partial charge is 0.244 e. The maximum atomic E-state index is 12.3. The van der Waals surface area contributed by atoms with Gasteiger partial charge in [0, 0.05) is 18.9 Å². The molecule has 0 spiro atoms. The zero-order valence-electron chi connectivity index (χ0n) is 11.9. The lowest BCUT2D eigenvalue weighted by Crippen LogP contribution is -2.54.